The highest BCUT2D eigenvalue weighted by atomic mass is 32.1. The molecule has 4 rings (SSSR count). The van der Waals surface area contributed by atoms with Crippen LogP contribution in [0.5, 0.6) is 0 Å². The number of anilines is 1. The number of carbonyl (C=O) groups is 1. The third-order valence-corrected chi connectivity index (χ3v) is 5.72. The van der Waals surface area contributed by atoms with E-state index in [0.29, 0.717) is 0 Å². The summed E-state index contributed by atoms with van der Waals surface area (Å²) in [6.07, 6.45) is 0. The van der Waals surface area contributed by atoms with Gasteiger partial charge >= 0.3 is 0 Å². The third-order valence-electron chi connectivity index (χ3n) is 4.64. The fourth-order valence-corrected chi connectivity index (χ4v) is 4.13. The Morgan fingerprint density at radius 3 is 2.68 bits per heavy atom. The summed E-state index contributed by atoms with van der Waals surface area (Å²) in [7, 11) is 0. The van der Waals surface area contributed by atoms with Crippen LogP contribution in [0.4, 0.5) is 5.69 Å². The number of thiophene rings is 1. The Labute approximate surface area is 151 Å². The van der Waals surface area contributed by atoms with Gasteiger partial charge < -0.3 is 10.1 Å². The maximum atomic E-state index is 12.1. The Kier molecular flexibility index (Phi) is 3.94. The first kappa shape index (κ1) is 16.1. The number of hydrogen-bond donors (Lipinski definition) is 1. The number of rotatable bonds is 2. The normalized spacial score (nSPS) is 19.8. The first-order chi connectivity index (χ1) is 12.1. The number of ether oxygens (including phenoxy) is 1. The smallest absolute Gasteiger partial charge is 0.250 e. The Morgan fingerprint density at radius 1 is 1.08 bits per heavy atom. The molecule has 1 aromatic heterocycles. The van der Waals surface area contributed by atoms with E-state index in [2.05, 4.69) is 48.6 Å². The second-order valence-electron chi connectivity index (χ2n) is 6.48. The fraction of sp³-hybridized carbons (Fsp3) is 0.190. The van der Waals surface area contributed by atoms with Crippen molar-refractivity contribution in [1.29, 1.82) is 0 Å². The molecule has 0 aliphatic carbocycles. The number of aryl methyl sites for hydroxylation is 1. The summed E-state index contributed by atoms with van der Waals surface area (Å²) in [6.45, 7) is 4.17. The topological polar surface area (TPSA) is 38.3 Å². The summed E-state index contributed by atoms with van der Waals surface area (Å²) in [5, 5.41) is 5.01. The van der Waals surface area contributed by atoms with Gasteiger partial charge in [0.15, 0.2) is 0 Å². The van der Waals surface area contributed by atoms with Gasteiger partial charge in [-0.05, 0) is 48.6 Å². The molecular formula is C21H19NO2S. The Morgan fingerprint density at radius 2 is 1.92 bits per heavy atom. The summed E-state index contributed by atoms with van der Waals surface area (Å²) in [5.74, 6) is -0.121. The minimum absolute atomic E-state index is 0.0445. The molecule has 0 bridgehead atoms. The standard InChI is InChI=1S/C21H19NO2S/c1-14-5-3-6-15(11-14)16-8-9-18-17(12-16)21(2,19-7-4-10-25-19)24-13-20(23)22-18/h3-12H,13H2,1-2H3,(H,22,23). The van der Waals surface area contributed by atoms with Gasteiger partial charge in [0.1, 0.15) is 12.2 Å². The molecule has 1 atom stereocenters. The first-order valence-corrected chi connectivity index (χ1v) is 9.13. The zero-order chi connectivity index (χ0) is 17.4. The second kappa shape index (κ2) is 6.14. The predicted octanol–water partition coefficient (Wildman–Crippen LogP) is 4.96. The van der Waals surface area contributed by atoms with Crippen molar-refractivity contribution in [3.8, 4) is 11.1 Å². The van der Waals surface area contributed by atoms with E-state index in [9.17, 15) is 4.79 Å². The molecule has 1 amide bonds. The zero-order valence-electron chi connectivity index (χ0n) is 14.2. The number of carbonyl (C=O) groups excluding carboxylic acids is 1. The van der Waals surface area contributed by atoms with Gasteiger partial charge in [-0.15, -0.1) is 11.3 Å². The highest BCUT2D eigenvalue weighted by Crippen LogP contribution is 2.42. The maximum absolute atomic E-state index is 12.1. The molecule has 0 saturated carbocycles. The molecule has 1 aliphatic rings. The SMILES string of the molecule is Cc1cccc(-c2ccc3c(c2)C(C)(c2cccs2)OCC(=O)N3)c1. The molecule has 3 nitrogen and oxygen atoms in total. The van der Waals surface area contributed by atoms with Crippen molar-refractivity contribution in [2.45, 2.75) is 19.4 Å². The van der Waals surface area contributed by atoms with E-state index >= 15 is 0 Å². The molecule has 1 aliphatic heterocycles. The van der Waals surface area contributed by atoms with E-state index < -0.39 is 5.60 Å². The van der Waals surface area contributed by atoms with E-state index in [1.807, 2.05) is 30.5 Å². The quantitative estimate of drug-likeness (QED) is 0.710. The van der Waals surface area contributed by atoms with Crippen LogP contribution in [-0.4, -0.2) is 12.5 Å². The summed E-state index contributed by atoms with van der Waals surface area (Å²) < 4.78 is 6.09. The monoisotopic (exact) mass is 349 g/mol. The molecule has 1 N–H and O–H groups in total. The molecule has 1 unspecified atom stereocenters. The van der Waals surface area contributed by atoms with Crippen LogP contribution in [0.1, 0.15) is 22.9 Å². The molecule has 0 saturated heterocycles. The van der Waals surface area contributed by atoms with E-state index in [0.717, 1.165) is 27.3 Å². The van der Waals surface area contributed by atoms with E-state index in [1.54, 1.807) is 11.3 Å². The summed E-state index contributed by atoms with van der Waals surface area (Å²) in [6, 6.07) is 18.7. The first-order valence-electron chi connectivity index (χ1n) is 8.26. The predicted molar refractivity (Wildman–Crippen MR) is 102 cm³/mol. The van der Waals surface area contributed by atoms with E-state index in [4.69, 9.17) is 4.74 Å². The molecular weight excluding hydrogens is 330 g/mol. The highest BCUT2D eigenvalue weighted by molar-refractivity contribution is 7.10. The van der Waals surface area contributed by atoms with Gasteiger partial charge in [0.2, 0.25) is 5.91 Å². The van der Waals surface area contributed by atoms with Crippen LogP contribution in [0.2, 0.25) is 0 Å². The van der Waals surface area contributed by atoms with Crippen molar-refractivity contribution in [2.75, 3.05) is 11.9 Å². The molecule has 2 aromatic carbocycles. The molecule has 3 aromatic rings. The summed E-state index contributed by atoms with van der Waals surface area (Å²) >= 11 is 1.64. The van der Waals surface area contributed by atoms with Crippen LogP contribution in [-0.2, 0) is 15.1 Å². The molecule has 25 heavy (non-hydrogen) atoms. The summed E-state index contributed by atoms with van der Waals surface area (Å²) in [5.41, 5.74) is 4.65. The number of hydrogen-bond acceptors (Lipinski definition) is 3. The Bertz CT molecular complexity index is 933. The van der Waals surface area contributed by atoms with Crippen molar-refractivity contribution in [2.24, 2.45) is 0 Å². The van der Waals surface area contributed by atoms with E-state index in [1.165, 1.54) is 5.56 Å². The van der Waals surface area contributed by atoms with Crippen molar-refractivity contribution >= 4 is 22.9 Å². The largest absolute Gasteiger partial charge is 0.355 e. The van der Waals surface area contributed by atoms with Crippen LogP contribution < -0.4 is 5.32 Å². The molecule has 4 heteroatoms. The third kappa shape index (κ3) is 2.88. The van der Waals surface area contributed by atoms with Gasteiger partial charge in [0.25, 0.3) is 0 Å². The van der Waals surface area contributed by atoms with Crippen LogP contribution in [0.3, 0.4) is 0 Å². The van der Waals surface area contributed by atoms with Gasteiger partial charge in [-0.3, -0.25) is 4.79 Å². The molecule has 0 radical (unpaired) electrons. The van der Waals surface area contributed by atoms with Crippen molar-refractivity contribution in [3.63, 3.8) is 0 Å². The number of fused-ring (bicyclic) bond motifs is 1. The van der Waals surface area contributed by atoms with Crippen molar-refractivity contribution < 1.29 is 9.53 Å². The van der Waals surface area contributed by atoms with Gasteiger partial charge in [-0.1, -0.05) is 42.0 Å². The van der Waals surface area contributed by atoms with Crippen molar-refractivity contribution in [3.05, 3.63) is 76.0 Å². The van der Waals surface area contributed by atoms with Gasteiger partial charge in [0, 0.05) is 16.1 Å². The average Bonchev–Trinajstić information content (AvgIpc) is 3.11. The van der Waals surface area contributed by atoms with Crippen LogP contribution >= 0.6 is 11.3 Å². The number of amides is 1. The zero-order valence-corrected chi connectivity index (χ0v) is 15.0. The molecule has 126 valence electrons. The Hall–Kier alpha value is -2.43. The molecule has 2 heterocycles. The minimum atomic E-state index is -0.650. The second-order valence-corrected chi connectivity index (χ2v) is 7.42. The lowest BCUT2D eigenvalue weighted by Crippen LogP contribution is -2.27. The Balaban J connectivity index is 1.90. The van der Waals surface area contributed by atoms with E-state index in [-0.39, 0.29) is 12.5 Å². The minimum Gasteiger partial charge on any atom is -0.355 e. The molecule has 0 fully saturated rings. The average molecular weight is 349 g/mol. The lowest BCUT2D eigenvalue weighted by molar-refractivity contribution is -0.124. The number of nitrogens with one attached hydrogen (secondary N) is 1. The highest BCUT2D eigenvalue weighted by Gasteiger charge is 2.36. The van der Waals surface area contributed by atoms with Crippen LogP contribution in [0, 0.1) is 6.92 Å². The van der Waals surface area contributed by atoms with Gasteiger partial charge in [-0.2, -0.15) is 0 Å². The summed E-state index contributed by atoms with van der Waals surface area (Å²) in [4.78, 5) is 13.2. The molecule has 0 spiro atoms. The number of benzene rings is 2. The van der Waals surface area contributed by atoms with Crippen molar-refractivity contribution in [1.82, 2.24) is 0 Å². The fourth-order valence-electron chi connectivity index (χ4n) is 3.28. The van der Waals surface area contributed by atoms with Gasteiger partial charge in [0.05, 0.1) is 0 Å². The maximum Gasteiger partial charge on any atom is 0.250 e. The van der Waals surface area contributed by atoms with Gasteiger partial charge in [-0.25, -0.2) is 0 Å². The lowest BCUT2D eigenvalue weighted by atomic mass is 9.89. The lowest BCUT2D eigenvalue weighted by Gasteiger charge is -2.29. The van der Waals surface area contributed by atoms with Crippen LogP contribution in [0.25, 0.3) is 11.1 Å². The van der Waals surface area contributed by atoms with Crippen LogP contribution in [0.15, 0.2) is 60.0 Å².